The maximum atomic E-state index is 12.4. The Morgan fingerprint density at radius 1 is 1.24 bits per heavy atom. The number of aryl methyl sites for hydroxylation is 1. The number of carbonyl (C=O) groups is 1. The van der Waals surface area contributed by atoms with Gasteiger partial charge in [0.05, 0.1) is 11.9 Å². The summed E-state index contributed by atoms with van der Waals surface area (Å²) in [5.74, 6) is -0.0516. The van der Waals surface area contributed by atoms with Crippen LogP contribution < -0.4 is 0 Å². The number of unbranched alkanes of at least 4 members (excludes halogenated alkanes) is 1. The fourth-order valence-electron chi connectivity index (χ4n) is 2.10. The maximum Gasteiger partial charge on any atom is 0.276 e. The summed E-state index contributed by atoms with van der Waals surface area (Å²) in [6, 6.07) is 7.95. The van der Waals surface area contributed by atoms with Gasteiger partial charge in [0, 0.05) is 13.1 Å². The molecule has 0 atom stereocenters. The van der Waals surface area contributed by atoms with Crippen molar-refractivity contribution in [3.8, 4) is 5.69 Å². The van der Waals surface area contributed by atoms with Crippen molar-refractivity contribution in [2.45, 2.75) is 33.6 Å². The van der Waals surface area contributed by atoms with Gasteiger partial charge < -0.3 is 4.90 Å². The minimum atomic E-state index is -0.0516. The summed E-state index contributed by atoms with van der Waals surface area (Å²) < 4.78 is 1.64. The third-order valence-electron chi connectivity index (χ3n) is 3.46. The molecule has 0 unspecified atom stereocenters. The second kappa shape index (κ2) is 7.02. The Morgan fingerprint density at radius 2 is 1.95 bits per heavy atom. The van der Waals surface area contributed by atoms with E-state index < -0.39 is 0 Å². The Kier molecular flexibility index (Phi) is 5.09. The summed E-state index contributed by atoms with van der Waals surface area (Å²) in [5.41, 5.74) is 2.49. The molecule has 0 radical (unpaired) electrons. The van der Waals surface area contributed by atoms with E-state index in [2.05, 4.69) is 17.2 Å². The molecule has 1 heterocycles. The van der Waals surface area contributed by atoms with Crippen LogP contribution in [0.4, 0.5) is 0 Å². The van der Waals surface area contributed by atoms with Gasteiger partial charge >= 0.3 is 0 Å². The standard InChI is InChI=1S/C16H22N4O/c1-4-6-11-19(5-2)16(21)15-12-20(18-17-15)14-9-7-13(3)8-10-14/h7-10,12H,4-6,11H2,1-3H3. The van der Waals surface area contributed by atoms with Gasteiger partial charge in [-0.15, -0.1) is 5.10 Å². The quantitative estimate of drug-likeness (QED) is 0.820. The third kappa shape index (κ3) is 3.68. The molecular formula is C16H22N4O. The number of benzene rings is 1. The van der Waals surface area contributed by atoms with Crippen molar-refractivity contribution in [3.63, 3.8) is 0 Å². The van der Waals surface area contributed by atoms with Crippen LogP contribution in [0, 0.1) is 6.92 Å². The zero-order chi connectivity index (χ0) is 15.2. The molecule has 0 aliphatic heterocycles. The van der Waals surface area contributed by atoms with Gasteiger partial charge in [-0.05, 0) is 32.4 Å². The number of rotatable bonds is 6. The second-order valence-corrected chi connectivity index (χ2v) is 5.12. The summed E-state index contributed by atoms with van der Waals surface area (Å²) in [7, 11) is 0. The molecule has 0 saturated heterocycles. The lowest BCUT2D eigenvalue weighted by molar-refractivity contribution is 0.0756. The van der Waals surface area contributed by atoms with Crippen LogP contribution in [0.25, 0.3) is 5.69 Å². The normalized spacial score (nSPS) is 10.6. The number of nitrogens with zero attached hydrogens (tertiary/aromatic N) is 4. The first-order valence-corrected chi connectivity index (χ1v) is 7.44. The van der Waals surface area contributed by atoms with Crippen molar-refractivity contribution < 1.29 is 4.79 Å². The SMILES string of the molecule is CCCCN(CC)C(=O)c1cn(-c2ccc(C)cc2)nn1. The molecule has 1 aromatic carbocycles. The monoisotopic (exact) mass is 286 g/mol. The molecule has 21 heavy (non-hydrogen) atoms. The lowest BCUT2D eigenvalue weighted by Gasteiger charge is -2.18. The van der Waals surface area contributed by atoms with E-state index >= 15 is 0 Å². The van der Waals surface area contributed by atoms with E-state index in [1.165, 1.54) is 5.56 Å². The summed E-state index contributed by atoms with van der Waals surface area (Å²) in [5, 5.41) is 8.07. The molecule has 0 bridgehead atoms. The van der Waals surface area contributed by atoms with Crippen molar-refractivity contribution in [2.24, 2.45) is 0 Å². The van der Waals surface area contributed by atoms with Crippen LogP contribution in [-0.2, 0) is 0 Å². The average Bonchev–Trinajstić information content (AvgIpc) is 2.98. The predicted molar refractivity (Wildman–Crippen MR) is 82.6 cm³/mol. The first-order chi connectivity index (χ1) is 10.2. The zero-order valence-electron chi connectivity index (χ0n) is 12.9. The van der Waals surface area contributed by atoms with E-state index in [1.54, 1.807) is 10.9 Å². The smallest absolute Gasteiger partial charge is 0.276 e. The molecule has 0 fully saturated rings. The van der Waals surface area contributed by atoms with Crippen LogP contribution in [-0.4, -0.2) is 38.9 Å². The molecule has 5 heteroatoms. The van der Waals surface area contributed by atoms with Gasteiger partial charge in [0.25, 0.3) is 5.91 Å². The van der Waals surface area contributed by atoms with Gasteiger partial charge in [0.15, 0.2) is 5.69 Å². The number of aromatic nitrogens is 3. The minimum absolute atomic E-state index is 0.0516. The molecule has 5 nitrogen and oxygen atoms in total. The number of amides is 1. The van der Waals surface area contributed by atoms with Gasteiger partial charge in [0.2, 0.25) is 0 Å². The summed E-state index contributed by atoms with van der Waals surface area (Å²) in [4.78, 5) is 14.2. The van der Waals surface area contributed by atoms with E-state index in [9.17, 15) is 4.79 Å². The number of hydrogen-bond acceptors (Lipinski definition) is 3. The highest BCUT2D eigenvalue weighted by molar-refractivity contribution is 5.92. The molecule has 1 aromatic heterocycles. The van der Waals surface area contributed by atoms with Crippen molar-refractivity contribution in [1.29, 1.82) is 0 Å². The van der Waals surface area contributed by atoms with Crippen LogP contribution in [0.3, 0.4) is 0 Å². The van der Waals surface area contributed by atoms with E-state index in [1.807, 2.05) is 43.0 Å². The maximum absolute atomic E-state index is 12.4. The van der Waals surface area contributed by atoms with Gasteiger partial charge in [-0.3, -0.25) is 4.79 Å². The summed E-state index contributed by atoms with van der Waals surface area (Å²) in [6.07, 6.45) is 3.77. The van der Waals surface area contributed by atoms with Crippen molar-refractivity contribution >= 4 is 5.91 Å². The predicted octanol–water partition coefficient (Wildman–Crippen LogP) is 2.84. The van der Waals surface area contributed by atoms with Crippen molar-refractivity contribution in [1.82, 2.24) is 19.9 Å². The molecule has 0 aliphatic carbocycles. The number of carbonyl (C=O) groups excluding carboxylic acids is 1. The minimum Gasteiger partial charge on any atom is -0.337 e. The van der Waals surface area contributed by atoms with Crippen LogP contribution in [0.15, 0.2) is 30.5 Å². The second-order valence-electron chi connectivity index (χ2n) is 5.12. The highest BCUT2D eigenvalue weighted by Gasteiger charge is 2.17. The van der Waals surface area contributed by atoms with Crippen LogP contribution >= 0.6 is 0 Å². The van der Waals surface area contributed by atoms with Gasteiger partial charge in [-0.1, -0.05) is 36.3 Å². The Morgan fingerprint density at radius 3 is 2.57 bits per heavy atom. The van der Waals surface area contributed by atoms with E-state index in [0.29, 0.717) is 12.2 Å². The Labute approximate surface area is 125 Å². The molecule has 0 saturated carbocycles. The fourth-order valence-corrected chi connectivity index (χ4v) is 2.10. The highest BCUT2D eigenvalue weighted by Crippen LogP contribution is 2.10. The summed E-state index contributed by atoms with van der Waals surface area (Å²) in [6.45, 7) is 7.59. The first kappa shape index (κ1) is 15.2. The van der Waals surface area contributed by atoms with Crippen LogP contribution in [0.1, 0.15) is 42.7 Å². The van der Waals surface area contributed by atoms with Crippen molar-refractivity contribution in [3.05, 3.63) is 41.7 Å². The Balaban J connectivity index is 2.14. The van der Waals surface area contributed by atoms with Gasteiger partial charge in [-0.25, -0.2) is 4.68 Å². The molecule has 2 rings (SSSR count). The van der Waals surface area contributed by atoms with Gasteiger partial charge in [-0.2, -0.15) is 0 Å². The summed E-state index contributed by atoms with van der Waals surface area (Å²) >= 11 is 0. The lowest BCUT2D eigenvalue weighted by atomic mass is 10.2. The van der Waals surface area contributed by atoms with E-state index in [-0.39, 0.29) is 5.91 Å². The molecule has 2 aromatic rings. The number of hydrogen-bond donors (Lipinski definition) is 0. The third-order valence-corrected chi connectivity index (χ3v) is 3.46. The molecular weight excluding hydrogens is 264 g/mol. The zero-order valence-corrected chi connectivity index (χ0v) is 12.9. The molecule has 0 spiro atoms. The molecule has 0 N–H and O–H groups in total. The fraction of sp³-hybridized carbons (Fsp3) is 0.438. The Hall–Kier alpha value is -2.17. The molecule has 112 valence electrons. The van der Waals surface area contributed by atoms with Crippen LogP contribution in [0.2, 0.25) is 0 Å². The van der Waals surface area contributed by atoms with E-state index in [0.717, 1.165) is 25.1 Å². The molecule has 0 aliphatic rings. The Bertz CT molecular complexity index is 589. The first-order valence-electron chi connectivity index (χ1n) is 7.44. The largest absolute Gasteiger partial charge is 0.337 e. The van der Waals surface area contributed by atoms with E-state index in [4.69, 9.17) is 0 Å². The van der Waals surface area contributed by atoms with Gasteiger partial charge in [0.1, 0.15) is 0 Å². The topological polar surface area (TPSA) is 51.0 Å². The van der Waals surface area contributed by atoms with Crippen LogP contribution in [0.5, 0.6) is 0 Å². The van der Waals surface area contributed by atoms with Crippen molar-refractivity contribution in [2.75, 3.05) is 13.1 Å². The lowest BCUT2D eigenvalue weighted by Crippen LogP contribution is -2.32. The molecule has 1 amide bonds. The average molecular weight is 286 g/mol. The highest BCUT2D eigenvalue weighted by atomic mass is 16.2.